The average Bonchev–Trinajstić information content (AvgIpc) is 2.37. The van der Waals surface area contributed by atoms with E-state index in [1.807, 2.05) is 6.07 Å². The van der Waals surface area contributed by atoms with Gasteiger partial charge >= 0.3 is 0 Å². The normalized spacial score (nSPS) is 15.6. The number of aliphatic hydroxyl groups excluding tert-OH is 1. The zero-order chi connectivity index (χ0) is 13.1. The molecule has 0 saturated carbocycles. The number of amides is 2. The fourth-order valence-corrected chi connectivity index (χ4v) is 2.37. The molecule has 0 fully saturated rings. The lowest BCUT2D eigenvalue weighted by atomic mass is 10.1. The summed E-state index contributed by atoms with van der Waals surface area (Å²) in [5.74, 6) is 0.0815. The van der Waals surface area contributed by atoms with Crippen LogP contribution in [0.1, 0.15) is 17.3 Å². The number of hydrogen-bond acceptors (Lipinski definition) is 4. The standard InChI is InChI=1S/C12H14N2O3S/c1-7(5-15)13-12(17)8-2-3-10-9(4-8)14-11(16)6-18-10/h2-4,7,15H,5-6H2,1H3,(H,13,17)(H,14,16)/t7-/m1/s1. The number of rotatable bonds is 3. The van der Waals surface area contributed by atoms with E-state index < -0.39 is 0 Å². The molecule has 3 N–H and O–H groups in total. The van der Waals surface area contributed by atoms with Crippen molar-refractivity contribution in [3.05, 3.63) is 23.8 Å². The molecule has 18 heavy (non-hydrogen) atoms. The molecule has 1 aliphatic rings. The van der Waals surface area contributed by atoms with Gasteiger partial charge in [0.15, 0.2) is 0 Å². The van der Waals surface area contributed by atoms with Gasteiger partial charge in [0, 0.05) is 16.5 Å². The second-order valence-electron chi connectivity index (χ2n) is 4.10. The van der Waals surface area contributed by atoms with Crippen LogP contribution in [0.2, 0.25) is 0 Å². The summed E-state index contributed by atoms with van der Waals surface area (Å²) >= 11 is 1.45. The highest BCUT2D eigenvalue weighted by Gasteiger charge is 2.17. The van der Waals surface area contributed by atoms with Crippen LogP contribution in [0, 0.1) is 0 Å². The van der Waals surface area contributed by atoms with E-state index in [2.05, 4.69) is 10.6 Å². The molecule has 1 atom stereocenters. The van der Waals surface area contributed by atoms with Gasteiger partial charge in [0.2, 0.25) is 5.91 Å². The molecule has 0 radical (unpaired) electrons. The molecule has 2 rings (SSSR count). The van der Waals surface area contributed by atoms with Crippen LogP contribution in [0.25, 0.3) is 0 Å². The number of aliphatic hydroxyl groups is 1. The average molecular weight is 266 g/mol. The van der Waals surface area contributed by atoms with Crippen LogP contribution in [0.4, 0.5) is 5.69 Å². The van der Waals surface area contributed by atoms with E-state index in [1.54, 1.807) is 19.1 Å². The lowest BCUT2D eigenvalue weighted by molar-refractivity contribution is -0.113. The highest BCUT2D eigenvalue weighted by Crippen LogP contribution is 2.31. The molecule has 2 amide bonds. The molecule has 96 valence electrons. The summed E-state index contributed by atoms with van der Waals surface area (Å²) in [5.41, 5.74) is 1.14. The molecule has 0 saturated heterocycles. The van der Waals surface area contributed by atoms with Crippen molar-refractivity contribution >= 4 is 29.3 Å². The summed E-state index contributed by atoms with van der Waals surface area (Å²) < 4.78 is 0. The van der Waals surface area contributed by atoms with Crippen molar-refractivity contribution in [1.82, 2.24) is 5.32 Å². The number of fused-ring (bicyclic) bond motifs is 1. The van der Waals surface area contributed by atoms with E-state index in [9.17, 15) is 9.59 Å². The molecular formula is C12H14N2O3S. The Balaban J connectivity index is 2.17. The minimum Gasteiger partial charge on any atom is -0.394 e. The zero-order valence-corrected chi connectivity index (χ0v) is 10.7. The molecule has 1 aromatic rings. The van der Waals surface area contributed by atoms with Gasteiger partial charge in [-0.3, -0.25) is 9.59 Å². The smallest absolute Gasteiger partial charge is 0.251 e. The fourth-order valence-electron chi connectivity index (χ4n) is 1.58. The summed E-state index contributed by atoms with van der Waals surface area (Å²) in [6, 6.07) is 4.89. The maximum absolute atomic E-state index is 11.8. The lowest BCUT2D eigenvalue weighted by Gasteiger charge is -2.17. The Morgan fingerprint density at radius 3 is 3.11 bits per heavy atom. The molecule has 0 unspecified atom stereocenters. The second kappa shape index (κ2) is 5.41. The Morgan fingerprint density at radius 1 is 1.61 bits per heavy atom. The molecule has 1 aliphatic heterocycles. The first-order valence-corrected chi connectivity index (χ1v) is 6.57. The minimum absolute atomic E-state index is 0.0613. The molecule has 1 heterocycles. The number of anilines is 1. The van der Waals surface area contributed by atoms with Gasteiger partial charge < -0.3 is 15.7 Å². The Morgan fingerprint density at radius 2 is 2.39 bits per heavy atom. The Labute approximate surface area is 109 Å². The van der Waals surface area contributed by atoms with E-state index in [4.69, 9.17) is 5.11 Å². The molecule has 0 bridgehead atoms. The van der Waals surface area contributed by atoms with Gasteiger partial charge in [-0.2, -0.15) is 0 Å². The van der Waals surface area contributed by atoms with Crippen molar-refractivity contribution < 1.29 is 14.7 Å². The van der Waals surface area contributed by atoms with Crippen LogP contribution < -0.4 is 10.6 Å². The van der Waals surface area contributed by atoms with E-state index >= 15 is 0 Å². The first kappa shape index (κ1) is 12.9. The molecule has 0 aromatic heterocycles. The van der Waals surface area contributed by atoms with Gasteiger partial charge in [-0.1, -0.05) is 0 Å². The summed E-state index contributed by atoms with van der Waals surface area (Å²) in [4.78, 5) is 24.1. The summed E-state index contributed by atoms with van der Waals surface area (Å²) in [5, 5.41) is 14.3. The van der Waals surface area contributed by atoms with Crippen molar-refractivity contribution in [2.45, 2.75) is 17.9 Å². The Hall–Kier alpha value is -1.53. The minimum atomic E-state index is -0.294. The van der Waals surface area contributed by atoms with Crippen molar-refractivity contribution in [2.75, 3.05) is 17.7 Å². The number of carbonyl (C=O) groups is 2. The van der Waals surface area contributed by atoms with Crippen molar-refractivity contribution in [3.63, 3.8) is 0 Å². The highest BCUT2D eigenvalue weighted by atomic mass is 32.2. The van der Waals surface area contributed by atoms with E-state index in [0.717, 1.165) is 4.90 Å². The van der Waals surface area contributed by atoms with Crippen LogP contribution in [-0.2, 0) is 4.79 Å². The van der Waals surface area contributed by atoms with Gasteiger partial charge in [0.1, 0.15) is 0 Å². The third kappa shape index (κ3) is 2.83. The molecular weight excluding hydrogens is 252 g/mol. The predicted octanol–water partition coefficient (Wildman–Crippen LogP) is 0.841. The Bertz CT molecular complexity index is 490. The number of carbonyl (C=O) groups excluding carboxylic acids is 2. The highest BCUT2D eigenvalue weighted by molar-refractivity contribution is 8.00. The van der Waals surface area contributed by atoms with Crippen molar-refractivity contribution in [1.29, 1.82) is 0 Å². The molecule has 0 spiro atoms. The van der Waals surface area contributed by atoms with E-state index in [1.165, 1.54) is 11.8 Å². The molecule has 5 nitrogen and oxygen atoms in total. The first-order chi connectivity index (χ1) is 8.60. The van der Waals surface area contributed by atoms with Gasteiger partial charge in [-0.05, 0) is 25.1 Å². The third-order valence-electron chi connectivity index (χ3n) is 2.53. The zero-order valence-electron chi connectivity index (χ0n) is 9.90. The monoisotopic (exact) mass is 266 g/mol. The number of hydrogen-bond donors (Lipinski definition) is 3. The number of benzene rings is 1. The number of nitrogens with one attached hydrogen (secondary N) is 2. The maximum Gasteiger partial charge on any atom is 0.251 e. The van der Waals surface area contributed by atoms with Crippen LogP contribution in [0.3, 0.4) is 0 Å². The van der Waals surface area contributed by atoms with Gasteiger partial charge in [-0.15, -0.1) is 11.8 Å². The van der Waals surface area contributed by atoms with Crippen LogP contribution in [0.15, 0.2) is 23.1 Å². The van der Waals surface area contributed by atoms with E-state index in [0.29, 0.717) is 17.0 Å². The Kier molecular flexibility index (Phi) is 3.88. The summed E-state index contributed by atoms with van der Waals surface area (Å²) in [6.45, 7) is 1.61. The largest absolute Gasteiger partial charge is 0.394 e. The fraction of sp³-hybridized carbons (Fsp3) is 0.333. The molecule has 0 aliphatic carbocycles. The van der Waals surface area contributed by atoms with Crippen LogP contribution >= 0.6 is 11.8 Å². The van der Waals surface area contributed by atoms with Crippen molar-refractivity contribution in [3.8, 4) is 0 Å². The van der Waals surface area contributed by atoms with Gasteiger partial charge in [0.05, 0.1) is 18.0 Å². The molecule has 1 aromatic carbocycles. The summed E-state index contributed by atoms with van der Waals surface area (Å²) in [7, 11) is 0. The predicted molar refractivity (Wildman–Crippen MR) is 69.8 cm³/mol. The van der Waals surface area contributed by atoms with Crippen LogP contribution in [0.5, 0.6) is 0 Å². The lowest BCUT2D eigenvalue weighted by Crippen LogP contribution is -2.35. The maximum atomic E-state index is 11.8. The number of thioether (sulfide) groups is 1. The van der Waals surface area contributed by atoms with Gasteiger partial charge in [-0.25, -0.2) is 0 Å². The second-order valence-corrected chi connectivity index (χ2v) is 5.12. The van der Waals surface area contributed by atoms with Crippen molar-refractivity contribution in [2.24, 2.45) is 0 Å². The van der Waals surface area contributed by atoms with Crippen LogP contribution in [-0.4, -0.2) is 35.3 Å². The topological polar surface area (TPSA) is 78.4 Å². The SMILES string of the molecule is C[C@H](CO)NC(=O)c1ccc2c(c1)NC(=O)CS2. The molecule has 6 heteroatoms. The first-order valence-electron chi connectivity index (χ1n) is 5.58. The van der Waals surface area contributed by atoms with E-state index in [-0.39, 0.29) is 24.5 Å². The van der Waals surface area contributed by atoms with Gasteiger partial charge in [0.25, 0.3) is 5.91 Å². The summed E-state index contributed by atoms with van der Waals surface area (Å²) in [6.07, 6.45) is 0. The quantitative estimate of drug-likeness (QED) is 0.757. The third-order valence-corrected chi connectivity index (χ3v) is 3.60.